The van der Waals surface area contributed by atoms with Crippen molar-refractivity contribution in [2.45, 2.75) is 122 Å². The molecule has 0 amide bonds. The van der Waals surface area contributed by atoms with Gasteiger partial charge in [0.05, 0.1) is 25.2 Å². The van der Waals surface area contributed by atoms with E-state index in [1.54, 1.807) is 12.2 Å². The summed E-state index contributed by atoms with van der Waals surface area (Å²) in [6.07, 6.45) is 26.1. The number of hydrogen-bond donors (Lipinski definition) is 4. The SMILES string of the molecule is CCCCCCCCCC=CC(O)(C=CCCCCCCCCC)C(CO)(CO)CO. The van der Waals surface area contributed by atoms with Crippen LogP contribution in [0.2, 0.25) is 0 Å². The van der Waals surface area contributed by atoms with E-state index >= 15 is 0 Å². The van der Waals surface area contributed by atoms with Crippen molar-refractivity contribution in [2.24, 2.45) is 5.41 Å². The predicted octanol–water partition coefficient (Wildman–Crippen LogP) is 6.07. The highest BCUT2D eigenvalue weighted by Crippen LogP contribution is 2.34. The Bertz CT molecular complexity index is 404. The number of unbranched alkanes of at least 4 members (excludes halogenated alkanes) is 14. The zero-order valence-electron chi connectivity index (χ0n) is 20.5. The Hall–Kier alpha value is -0.680. The summed E-state index contributed by atoms with van der Waals surface area (Å²) in [5.41, 5.74) is -2.95. The Kier molecular flexibility index (Phi) is 19.5. The molecule has 4 nitrogen and oxygen atoms in total. The Morgan fingerprint density at radius 1 is 0.516 bits per heavy atom. The molecular formula is C27H52O4. The average Bonchev–Trinajstić information content (AvgIpc) is 2.78. The van der Waals surface area contributed by atoms with E-state index in [9.17, 15) is 20.4 Å². The fourth-order valence-electron chi connectivity index (χ4n) is 3.90. The van der Waals surface area contributed by atoms with Crippen molar-refractivity contribution in [3.8, 4) is 0 Å². The molecule has 0 aromatic rings. The van der Waals surface area contributed by atoms with Gasteiger partial charge in [0.1, 0.15) is 5.60 Å². The van der Waals surface area contributed by atoms with Crippen LogP contribution >= 0.6 is 0 Å². The molecule has 0 spiro atoms. The average molecular weight is 441 g/mol. The fraction of sp³-hybridized carbons (Fsp3) is 0.852. The molecule has 184 valence electrons. The van der Waals surface area contributed by atoms with Crippen LogP contribution in [-0.2, 0) is 0 Å². The van der Waals surface area contributed by atoms with Gasteiger partial charge in [0.15, 0.2) is 0 Å². The first kappa shape index (κ1) is 30.3. The lowest BCUT2D eigenvalue weighted by atomic mass is 9.72. The van der Waals surface area contributed by atoms with E-state index in [2.05, 4.69) is 13.8 Å². The van der Waals surface area contributed by atoms with Crippen molar-refractivity contribution in [3.63, 3.8) is 0 Å². The first-order valence-electron chi connectivity index (χ1n) is 13.0. The summed E-state index contributed by atoms with van der Waals surface area (Å²) in [7, 11) is 0. The molecule has 0 unspecified atom stereocenters. The second-order valence-corrected chi connectivity index (χ2v) is 9.20. The normalized spacial score (nSPS) is 14.6. The Morgan fingerprint density at radius 3 is 1.16 bits per heavy atom. The minimum atomic E-state index is -1.56. The van der Waals surface area contributed by atoms with Crippen LogP contribution in [0.3, 0.4) is 0 Å². The summed E-state index contributed by atoms with van der Waals surface area (Å²) >= 11 is 0. The molecule has 0 aliphatic rings. The van der Waals surface area contributed by atoms with Crippen LogP contribution in [0.25, 0.3) is 0 Å². The molecule has 0 aliphatic heterocycles. The van der Waals surface area contributed by atoms with Gasteiger partial charge in [-0.2, -0.15) is 0 Å². The van der Waals surface area contributed by atoms with Gasteiger partial charge in [0.25, 0.3) is 0 Å². The number of aliphatic hydroxyl groups is 4. The van der Waals surface area contributed by atoms with Crippen LogP contribution < -0.4 is 0 Å². The van der Waals surface area contributed by atoms with Crippen molar-refractivity contribution in [1.29, 1.82) is 0 Å². The first-order valence-corrected chi connectivity index (χ1v) is 13.0. The molecule has 0 rings (SSSR count). The maximum absolute atomic E-state index is 11.3. The highest BCUT2D eigenvalue weighted by molar-refractivity contribution is 5.21. The Labute approximate surface area is 192 Å². The highest BCUT2D eigenvalue weighted by Gasteiger charge is 2.46. The Morgan fingerprint density at radius 2 is 0.839 bits per heavy atom. The minimum absolute atomic E-state index is 0.486. The lowest BCUT2D eigenvalue weighted by Crippen LogP contribution is -2.53. The summed E-state index contributed by atoms with van der Waals surface area (Å²) in [6.45, 7) is 2.99. The maximum atomic E-state index is 11.3. The van der Waals surface area contributed by atoms with Gasteiger partial charge in [-0.15, -0.1) is 0 Å². The van der Waals surface area contributed by atoms with Gasteiger partial charge in [-0.1, -0.05) is 115 Å². The van der Waals surface area contributed by atoms with Gasteiger partial charge in [-0.05, 0) is 25.7 Å². The molecule has 0 saturated heterocycles. The van der Waals surface area contributed by atoms with Crippen LogP contribution in [0.15, 0.2) is 24.3 Å². The smallest absolute Gasteiger partial charge is 0.113 e. The second-order valence-electron chi connectivity index (χ2n) is 9.20. The monoisotopic (exact) mass is 440 g/mol. The van der Waals surface area contributed by atoms with Crippen LogP contribution in [0.1, 0.15) is 117 Å². The van der Waals surface area contributed by atoms with E-state index in [4.69, 9.17) is 0 Å². The third-order valence-corrected chi connectivity index (χ3v) is 6.45. The minimum Gasteiger partial charge on any atom is -0.395 e. The molecule has 4 N–H and O–H groups in total. The van der Waals surface area contributed by atoms with Gasteiger partial charge in [-0.3, -0.25) is 0 Å². The molecule has 0 saturated carbocycles. The molecule has 4 heteroatoms. The molecule has 0 bridgehead atoms. The summed E-state index contributed by atoms with van der Waals surface area (Å²) in [5, 5.41) is 40.8. The molecule has 0 heterocycles. The van der Waals surface area contributed by atoms with Crippen molar-refractivity contribution in [2.75, 3.05) is 19.8 Å². The Balaban J connectivity index is 4.64. The summed E-state index contributed by atoms with van der Waals surface area (Å²) in [6, 6.07) is 0. The van der Waals surface area contributed by atoms with E-state index < -0.39 is 30.8 Å². The van der Waals surface area contributed by atoms with Gasteiger partial charge in [0, 0.05) is 0 Å². The van der Waals surface area contributed by atoms with E-state index in [1.807, 2.05) is 12.2 Å². The summed E-state index contributed by atoms with van der Waals surface area (Å²) < 4.78 is 0. The van der Waals surface area contributed by atoms with Gasteiger partial charge < -0.3 is 20.4 Å². The van der Waals surface area contributed by atoms with Crippen molar-refractivity contribution >= 4 is 0 Å². The van der Waals surface area contributed by atoms with Crippen LogP contribution in [0.4, 0.5) is 0 Å². The third-order valence-electron chi connectivity index (χ3n) is 6.45. The fourth-order valence-corrected chi connectivity index (χ4v) is 3.90. The zero-order chi connectivity index (χ0) is 23.3. The molecule has 0 aromatic carbocycles. The number of hydrogen-bond acceptors (Lipinski definition) is 4. The lowest BCUT2D eigenvalue weighted by Gasteiger charge is -2.40. The molecule has 0 aliphatic carbocycles. The van der Waals surface area contributed by atoms with E-state index in [0.717, 1.165) is 25.7 Å². The van der Waals surface area contributed by atoms with Crippen LogP contribution in [0.5, 0.6) is 0 Å². The topological polar surface area (TPSA) is 80.9 Å². The zero-order valence-corrected chi connectivity index (χ0v) is 20.5. The molecular weight excluding hydrogens is 388 g/mol. The van der Waals surface area contributed by atoms with Crippen molar-refractivity contribution in [1.82, 2.24) is 0 Å². The molecule has 0 atom stereocenters. The summed E-state index contributed by atoms with van der Waals surface area (Å²) in [5.74, 6) is 0. The van der Waals surface area contributed by atoms with E-state index in [-0.39, 0.29) is 0 Å². The molecule has 0 fully saturated rings. The highest BCUT2D eigenvalue weighted by atomic mass is 16.3. The summed E-state index contributed by atoms with van der Waals surface area (Å²) in [4.78, 5) is 0. The van der Waals surface area contributed by atoms with Crippen LogP contribution in [0, 0.1) is 5.41 Å². The third kappa shape index (κ3) is 12.8. The van der Waals surface area contributed by atoms with E-state index in [1.165, 1.54) is 77.0 Å². The standard InChI is InChI=1S/C27H52O4/c1-3-5-7-9-11-13-15-17-19-21-27(31,26(23-28,24-29)25-30)22-20-18-16-14-12-10-8-6-4-2/h19-22,28-31H,3-18,23-25H2,1-2H3. The predicted molar refractivity (Wildman–Crippen MR) is 132 cm³/mol. The number of rotatable bonds is 22. The number of allylic oxidation sites excluding steroid dienone is 2. The molecule has 31 heavy (non-hydrogen) atoms. The van der Waals surface area contributed by atoms with Crippen molar-refractivity contribution in [3.05, 3.63) is 24.3 Å². The largest absolute Gasteiger partial charge is 0.395 e. The van der Waals surface area contributed by atoms with Gasteiger partial charge >= 0.3 is 0 Å². The van der Waals surface area contributed by atoms with Gasteiger partial charge in [-0.25, -0.2) is 0 Å². The first-order chi connectivity index (χ1) is 15.1. The maximum Gasteiger partial charge on any atom is 0.113 e. The van der Waals surface area contributed by atoms with Crippen molar-refractivity contribution < 1.29 is 20.4 Å². The molecule has 0 aromatic heterocycles. The van der Waals surface area contributed by atoms with E-state index in [0.29, 0.717) is 0 Å². The molecule has 0 radical (unpaired) electrons. The quantitative estimate of drug-likeness (QED) is 0.122. The number of aliphatic hydroxyl groups excluding tert-OH is 3. The second kappa shape index (κ2) is 20.0. The van der Waals surface area contributed by atoms with Gasteiger partial charge in [0.2, 0.25) is 0 Å². The lowest BCUT2D eigenvalue weighted by molar-refractivity contribution is -0.102. The van der Waals surface area contributed by atoms with Crippen LogP contribution in [-0.4, -0.2) is 45.8 Å².